The van der Waals surface area contributed by atoms with Crippen LogP contribution in [-0.4, -0.2) is 39.8 Å². The molecule has 0 unspecified atom stereocenters. The highest BCUT2D eigenvalue weighted by molar-refractivity contribution is 6.34. The summed E-state index contributed by atoms with van der Waals surface area (Å²) < 4.78 is 20.5. The minimum Gasteiger partial charge on any atom is -0.496 e. The molecule has 0 saturated heterocycles. The molecule has 0 aromatic heterocycles. The number of amides is 1. The minimum atomic E-state index is -0.561. The number of carbonyl (C=O) groups is 2. The standard InChI is InChI=1S/C19H20ClNO6/c1-5-27-19(23)12-9-13(20)14(10-16(12)25-3)21-18(22)11-6-7-15(24-2)17(8-11)26-4/h6-10H,5H2,1-4H3,(H,21,22). The molecule has 0 fully saturated rings. The number of esters is 1. The number of benzene rings is 2. The lowest BCUT2D eigenvalue weighted by Gasteiger charge is -2.14. The third kappa shape index (κ3) is 4.62. The van der Waals surface area contributed by atoms with E-state index in [-0.39, 0.29) is 22.9 Å². The van der Waals surface area contributed by atoms with E-state index in [1.165, 1.54) is 33.5 Å². The summed E-state index contributed by atoms with van der Waals surface area (Å²) in [6.07, 6.45) is 0. The largest absolute Gasteiger partial charge is 0.496 e. The van der Waals surface area contributed by atoms with Crippen LogP contribution in [0.2, 0.25) is 5.02 Å². The second-order valence-corrected chi connectivity index (χ2v) is 5.68. The summed E-state index contributed by atoms with van der Waals surface area (Å²) >= 11 is 6.22. The normalized spacial score (nSPS) is 10.1. The molecule has 0 aliphatic heterocycles. The van der Waals surface area contributed by atoms with Crippen molar-refractivity contribution < 1.29 is 28.5 Å². The van der Waals surface area contributed by atoms with Gasteiger partial charge in [0.2, 0.25) is 0 Å². The van der Waals surface area contributed by atoms with Gasteiger partial charge in [-0.2, -0.15) is 0 Å². The van der Waals surface area contributed by atoms with Crippen molar-refractivity contribution in [2.24, 2.45) is 0 Å². The molecule has 8 heteroatoms. The number of anilines is 1. The van der Waals surface area contributed by atoms with Crippen LogP contribution in [-0.2, 0) is 4.74 Å². The molecular formula is C19H20ClNO6. The van der Waals surface area contributed by atoms with Crippen molar-refractivity contribution in [3.05, 3.63) is 46.5 Å². The minimum absolute atomic E-state index is 0.174. The Kier molecular flexibility index (Phi) is 6.90. The molecule has 27 heavy (non-hydrogen) atoms. The van der Waals surface area contributed by atoms with Crippen molar-refractivity contribution in [3.8, 4) is 17.2 Å². The predicted octanol–water partition coefficient (Wildman–Crippen LogP) is 3.79. The van der Waals surface area contributed by atoms with Gasteiger partial charge in [-0.15, -0.1) is 0 Å². The first-order chi connectivity index (χ1) is 12.9. The molecule has 2 rings (SSSR count). The van der Waals surface area contributed by atoms with Crippen LogP contribution in [0.25, 0.3) is 0 Å². The van der Waals surface area contributed by atoms with Crippen molar-refractivity contribution in [3.63, 3.8) is 0 Å². The highest BCUT2D eigenvalue weighted by Gasteiger charge is 2.19. The molecule has 0 bridgehead atoms. The average Bonchev–Trinajstić information content (AvgIpc) is 2.68. The number of hydrogen-bond donors (Lipinski definition) is 1. The Morgan fingerprint density at radius 1 is 0.963 bits per heavy atom. The van der Waals surface area contributed by atoms with E-state index < -0.39 is 11.9 Å². The van der Waals surface area contributed by atoms with Gasteiger partial charge in [-0.1, -0.05) is 11.6 Å². The molecule has 1 amide bonds. The Morgan fingerprint density at radius 3 is 2.22 bits per heavy atom. The molecule has 7 nitrogen and oxygen atoms in total. The summed E-state index contributed by atoms with van der Waals surface area (Å²) in [4.78, 5) is 24.5. The van der Waals surface area contributed by atoms with E-state index in [1.807, 2.05) is 0 Å². The van der Waals surface area contributed by atoms with E-state index in [4.69, 9.17) is 30.5 Å². The lowest BCUT2D eigenvalue weighted by Crippen LogP contribution is -2.14. The predicted molar refractivity (Wildman–Crippen MR) is 101 cm³/mol. The second-order valence-electron chi connectivity index (χ2n) is 5.28. The Morgan fingerprint density at radius 2 is 1.63 bits per heavy atom. The van der Waals surface area contributed by atoms with Crippen LogP contribution in [0.3, 0.4) is 0 Å². The van der Waals surface area contributed by atoms with Gasteiger partial charge in [-0.25, -0.2) is 4.79 Å². The maximum Gasteiger partial charge on any atom is 0.341 e. The fourth-order valence-electron chi connectivity index (χ4n) is 2.36. The number of hydrogen-bond acceptors (Lipinski definition) is 6. The Bertz CT molecular complexity index is 852. The van der Waals surface area contributed by atoms with Crippen LogP contribution in [0.1, 0.15) is 27.6 Å². The van der Waals surface area contributed by atoms with E-state index >= 15 is 0 Å². The monoisotopic (exact) mass is 393 g/mol. The summed E-state index contributed by atoms with van der Waals surface area (Å²) in [5.41, 5.74) is 0.812. The lowest BCUT2D eigenvalue weighted by atomic mass is 10.1. The van der Waals surface area contributed by atoms with Crippen LogP contribution < -0.4 is 19.5 Å². The Labute approximate surface area is 162 Å². The highest BCUT2D eigenvalue weighted by Crippen LogP contribution is 2.33. The van der Waals surface area contributed by atoms with Gasteiger partial charge < -0.3 is 24.3 Å². The fourth-order valence-corrected chi connectivity index (χ4v) is 2.57. The third-order valence-corrected chi connectivity index (χ3v) is 3.99. The summed E-state index contributed by atoms with van der Waals surface area (Å²) in [6.45, 7) is 1.92. The maximum atomic E-state index is 12.6. The molecule has 2 aromatic rings. The van der Waals surface area contributed by atoms with E-state index in [1.54, 1.807) is 25.1 Å². The van der Waals surface area contributed by atoms with Gasteiger partial charge in [-0.3, -0.25) is 4.79 Å². The number of ether oxygens (including phenoxy) is 4. The molecule has 0 saturated carbocycles. The van der Waals surface area contributed by atoms with Gasteiger partial charge >= 0.3 is 5.97 Å². The molecule has 0 heterocycles. The van der Waals surface area contributed by atoms with Crippen molar-refractivity contribution >= 4 is 29.2 Å². The summed E-state index contributed by atoms with van der Waals surface area (Å²) in [6, 6.07) is 7.62. The van der Waals surface area contributed by atoms with Gasteiger partial charge in [0.25, 0.3) is 5.91 Å². The summed E-state index contributed by atoms with van der Waals surface area (Å²) in [5.74, 6) is 0.192. The molecule has 0 aliphatic carbocycles. The zero-order chi connectivity index (χ0) is 20.0. The van der Waals surface area contributed by atoms with Crippen molar-refractivity contribution in [2.75, 3.05) is 33.3 Å². The molecule has 0 aliphatic rings. The first-order valence-corrected chi connectivity index (χ1v) is 8.40. The summed E-state index contributed by atoms with van der Waals surface area (Å²) in [7, 11) is 4.40. The molecule has 1 N–H and O–H groups in total. The van der Waals surface area contributed by atoms with Crippen molar-refractivity contribution in [1.29, 1.82) is 0 Å². The average molecular weight is 394 g/mol. The van der Waals surface area contributed by atoms with Crippen LogP contribution in [0.5, 0.6) is 17.2 Å². The quantitative estimate of drug-likeness (QED) is 0.720. The Hall–Kier alpha value is -2.93. The van der Waals surface area contributed by atoms with Gasteiger partial charge in [0.05, 0.1) is 38.6 Å². The van der Waals surface area contributed by atoms with Crippen LogP contribution in [0, 0.1) is 0 Å². The number of rotatable bonds is 7. The SMILES string of the molecule is CCOC(=O)c1cc(Cl)c(NC(=O)c2ccc(OC)c(OC)c2)cc1OC. The number of carbonyl (C=O) groups excluding carboxylic acids is 2. The Balaban J connectivity index is 2.31. The lowest BCUT2D eigenvalue weighted by molar-refractivity contribution is 0.0522. The van der Waals surface area contributed by atoms with Crippen molar-refractivity contribution in [2.45, 2.75) is 6.92 Å². The zero-order valence-electron chi connectivity index (χ0n) is 15.4. The molecule has 0 atom stereocenters. The van der Waals surface area contributed by atoms with E-state index in [0.29, 0.717) is 22.7 Å². The van der Waals surface area contributed by atoms with Gasteiger partial charge in [0.1, 0.15) is 11.3 Å². The van der Waals surface area contributed by atoms with Crippen LogP contribution in [0.15, 0.2) is 30.3 Å². The zero-order valence-corrected chi connectivity index (χ0v) is 16.2. The topological polar surface area (TPSA) is 83.1 Å². The van der Waals surface area contributed by atoms with Gasteiger partial charge in [0, 0.05) is 11.6 Å². The van der Waals surface area contributed by atoms with E-state index in [0.717, 1.165) is 0 Å². The highest BCUT2D eigenvalue weighted by atomic mass is 35.5. The van der Waals surface area contributed by atoms with E-state index in [2.05, 4.69) is 5.32 Å². The smallest absolute Gasteiger partial charge is 0.341 e. The fraction of sp³-hybridized carbons (Fsp3) is 0.263. The summed E-state index contributed by atoms with van der Waals surface area (Å²) in [5, 5.41) is 2.86. The van der Waals surface area contributed by atoms with Crippen LogP contribution >= 0.6 is 11.6 Å². The van der Waals surface area contributed by atoms with E-state index in [9.17, 15) is 9.59 Å². The molecule has 0 spiro atoms. The van der Waals surface area contributed by atoms with Crippen molar-refractivity contribution in [1.82, 2.24) is 0 Å². The second kappa shape index (κ2) is 9.14. The number of halogens is 1. The molecule has 144 valence electrons. The molecule has 0 radical (unpaired) electrons. The third-order valence-electron chi connectivity index (χ3n) is 3.68. The molecule has 2 aromatic carbocycles. The number of nitrogens with one attached hydrogen (secondary N) is 1. The number of methoxy groups -OCH3 is 3. The van der Waals surface area contributed by atoms with Gasteiger partial charge in [0.15, 0.2) is 11.5 Å². The molecular weight excluding hydrogens is 374 g/mol. The maximum absolute atomic E-state index is 12.6. The first-order valence-electron chi connectivity index (χ1n) is 8.03. The van der Waals surface area contributed by atoms with Gasteiger partial charge in [-0.05, 0) is 31.2 Å². The first kappa shape index (κ1) is 20.4. The van der Waals surface area contributed by atoms with Crippen LogP contribution in [0.4, 0.5) is 5.69 Å².